The van der Waals surface area contributed by atoms with Gasteiger partial charge in [0.05, 0.1) is 18.3 Å². The standard InChI is InChI=1S/C14H16F3N3/c1-10(18)5-12-7-19-20(9-12)8-11-3-2-4-13(6-11)14(15,16)17/h2-4,6-7,9-10H,5,8,18H2,1H3. The first-order valence-electron chi connectivity index (χ1n) is 6.27. The minimum atomic E-state index is -4.32. The highest BCUT2D eigenvalue weighted by molar-refractivity contribution is 5.26. The van der Waals surface area contributed by atoms with E-state index < -0.39 is 11.7 Å². The van der Waals surface area contributed by atoms with Crippen LogP contribution in [0.4, 0.5) is 13.2 Å². The Bertz CT molecular complexity index is 573. The molecule has 2 rings (SSSR count). The molecule has 2 N–H and O–H groups in total. The molecule has 0 saturated heterocycles. The monoisotopic (exact) mass is 283 g/mol. The lowest BCUT2D eigenvalue weighted by Crippen LogP contribution is -2.17. The number of benzene rings is 1. The van der Waals surface area contributed by atoms with Crippen molar-refractivity contribution in [3.8, 4) is 0 Å². The molecule has 108 valence electrons. The maximum atomic E-state index is 12.6. The molecule has 0 amide bonds. The van der Waals surface area contributed by atoms with Crippen LogP contribution in [0.25, 0.3) is 0 Å². The first-order valence-corrected chi connectivity index (χ1v) is 6.27. The number of hydrogen-bond donors (Lipinski definition) is 1. The summed E-state index contributed by atoms with van der Waals surface area (Å²) in [6, 6.07) is 5.30. The average Bonchev–Trinajstić information content (AvgIpc) is 2.75. The maximum absolute atomic E-state index is 12.6. The summed E-state index contributed by atoms with van der Waals surface area (Å²) in [5.41, 5.74) is 6.59. The van der Waals surface area contributed by atoms with Gasteiger partial charge in [-0.25, -0.2) is 0 Å². The molecule has 0 fully saturated rings. The zero-order valence-electron chi connectivity index (χ0n) is 11.1. The van der Waals surface area contributed by atoms with Crippen molar-refractivity contribution >= 4 is 0 Å². The maximum Gasteiger partial charge on any atom is 0.416 e. The SMILES string of the molecule is CC(N)Cc1cnn(Cc2cccc(C(F)(F)F)c2)c1. The number of aromatic nitrogens is 2. The molecule has 0 bridgehead atoms. The molecule has 2 aromatic rings. The van der Waals surface area contributed by atoms with Crippen LogP contribution >= 0.6 is 0 Å². The van der Waals surface area contributed by atoms with Gasteiger partial charge in [-0.2, -0.15) is 18.3 Å². The summed E-state index contributed by atoms with van der Waals surface area (Å²) in [4.78, 5) is 0. The van der Waals surface area contributed by atoms with E-state index in [-0.39, 0.29) is 6.04 Å². The van der Waals surface area contributed by atoms with Gasteiger partial charge in [-0.05, 0) is 36.6 Å². The summed E-state index contributed by atoms with van der Waals surface area (Å²) in [5, 5.41) is 4.14. The fourth-order valence-corrected chi connectivity index (χ4v) is 2.00. The summed E-state index contributed by atoms with van der Waals surface area (Å²) in [7, 11) is 0. The Hall–Kier alpha value is -1.82. The number of nitrogens with two attached hydrogens (primary N) is 1. The Kier molecular flexibility index (Phi) is 4.13. The van der Waals surface area contributed by atoms with Crippen LogP contribution in [0.5, 0.6) is 0 Å². The predicted molar refractivity (Wildman–Crippen MR) is 70.1 cm³/mol. The Labute approximate surface area is 115 Å². The van der Waals surface area contributed by atoms with Crippen LogP contribution in [-0.4, -0.2) is 15.8 Å². The summed E-state index contributed by atoms with van der Waals surface area (Å²) < 4.78 is 39.5. The molecule has 1 unspecified atom stereocenters. The molecule has 0 aliphatic rings. The summed E-state index contributed by atoms with van der Waals surface area (Å²) in [6.07, 6.45) is -0.122. The topological polar surface area (TPSA) is 43.8 Å². The van der Waals surface area contributed by atoms with Crippen molar-refractivity contribution in [3.05, 3.63) is 53.3 Å². The second-order valence-electron chi connectivity index (χ2n) is 4.93. The van der Waals surface area contributed by atoms with Gasteiger partial charge in [-0.15, -0.1) is 0 Å². The van der Waals surface area contributed by atoms with E-state index in [9.17, 15) is 13.2 Å². The van der Waals surface area contributed by atoms with Gasteiger partial charge in [0, 0.05) is 12.2 Å². The molecule has 3 nitrogen and oxygen atoms in total. The average molecular weight is 283 g/mol. The van der Waals surface area contributed by atoms with Gasteiger partial charge in [0.25, 0.3) is 0 Å². The van der Waals surface area contributed by atoms with E-state index in [2.05, 4.69) is 5.10 Å². The molecule has 0 saturated carbocycles. The highest BCUT2D eigenvalue weighted by Crippen LogP contribution is 2.29. The number of nitrogens with zero attached hydrogens (tertiary/aromatic N) is 2. The van der Waals surface area contributed by atoms with Gasteiger partial charge in [0.1, 0.15) is 0 Å². The third-order valence-corrected chi connectivity index (χ3v) is 2.84. The molecule has 0 spiro atoms. The van der Waals surface area contributed by atoms with Crippen LogP contribution in [0.2, 0.25) is 0 Å². The molecule has 6 heteroatoms. The number of halogens is 3. The molecule has 0 radical (unpaired) electrons. The summed E-state index contributed by atoms with van der Waals surface area (Å²) in [6.45, 7) is 2.20. The van der Waals surface area contributed by atoms with Crippen LogP contribution in [0.15, 0.2) is 36.7 Å². The number of hydrogen-bond acceptors (Lipinski definition) is 2. The summed E-state index contributed by atoms with van der Waals surface area (Å²) >= 11 is 0. The van der Waals surface area contributed by atoms with Crippen LogP contribution in [0.3, 0.4) is 0 Å². The molecule has 0 aliphatic carbocycles. The van der Waals surface area contributed by atoms with Crippen LogP contribution in [0, 0.1) is 0 Å². The smallest absolute Gasteiger partial charge is 0.328 e. The van der Waals surface area contributed by atoms with E-state index in [0.717, 1.165) is 17.7 Å². The second-order valence-corrected chi connectivity index (χ2v) is 4.93. The van der Waals surface area contributed by atoms with E-state index in [1.54, 1.807) is 16.9 Å². The van der Waals surface area contributed by atoms with E-state index in [4.69, 9.17) is 5.73 Å². The third kappa shape index (κ3) is 3.84. The highest BCUT2D eigenvalue weighted by atomic mass is 19.4. The number of rotatable bonds is 4. The van der Waals surface area contributed by atoms with Crippen LogP contribution in [-0.2, 0) is 19.1 Å². The molecule has 20 heavy (non-hydrogen) atoms. The first-order chi connectivity index (χ1) is 9.34. The zero-order chi connectivity index (χ0) is 14.8. The molecule has 1 heterocycles. The van der Waals surface area contributed by atoms with Gasteiger partial charge >= 0.3 is 6.18 Å². The predicted octanol–water partition coefficient (Wildman–Crippen LogP) is 2.84. The molecular formula is C14H16F3N3. The second kappa shape index (κ2) is 5.66. The Morgan fingerprint density at radius 3 is 2.70 bits per heavy atom. The molecule has 1 atom stereocenters. The Morgan fingerprint density at radius 1 is 1.30 bits per heavy atom. The van der Waals surface area contributed by atoms with Crippen molar-refractivity contribution in [1.29, 1.82) is 0 Å². The largest absolute Gasteiger partial charge is 0.416 e. The fraction of sp³-hybridized carbons (Fsp3) is 0.357. The van der Waals surface area contributed by atoms with Gasteiger partial charge in [-0.1, -0.05) is 12.1 Å². The lowest BCUT2D eigenvalue weighted by molar-refractivity contribution is -0.137. The molecule has 1 aromatic heterocycles. The Balaban J connectivity index is 2.12. The number of alkyl halides is 3. The van der Waals surface area contributed by atoms with E-state index in [1.807, 2.05) is 13.1 Å². The van der Waals surface area contributed by atoms with E-state index in [1.165, 1.54) is 6.07 Å². The van der Waals surface area contributed by atoms with E-state index in [0.29, 0.717) is 18.5 Å². The van der Waals surface area contributed by atoms with Crippen molar-refractivity contribution in [3.63, 3.8) is 0 Å². The minimum absolute atomic E-state index is 0.0289. The van der Waals surface area contributed by atoms with Crippen molar-refractivity contribution in [1.82, 2.24) is 9.78 Å². The quantitative estimate of drug-likeness (QED) is 0.937. The zero-order valence-corrected chi connectivity index (χ0v) is 11.1. The molecular weight excluding hydrogens is 267 g/mol. The van der Waals surface area contributed by atoms with E-state index >= 15 is 0 Å². The van der Waals surface area contributed by atoms with Crippen molar-refractivity contribution < 1.29 is 13.2 Å². The van der Waals surface area contributed by atoms with Gasteiger partial charge in [0.15, 0.2) is 0 Å². The Morgan fingerprint density at radius 2 is 2.05 bits per heavy atom. The fourth-order valence-electron chi connectivity index (χ4n) is 2.00. The lowest BCUT2D eigenvalue weighted by Gasteiger charge is -2.08. The first kappa shape index (κ1) is 14.6. The van der Waals surface area contributed by atoms with Crippen LogP contribution in [0.1, 0.15) is 23.6 Å². The van der Waals surface area contributed by atoms with Gasteiger partial charge in [0.2, 0.25) is 0 Å². The lowest BCUT2D eigenvalue weighted by atomic mass is 10.1. The van der Waals surface area contributed by atoms with Gasteiger partial charge in [-0.3, -0.25) is 4.68 Å². The third-order valence-electron chi connectivity index (χ3n) is 2.84. The van der Waals surface area contributed by atoms with Crippen molar-refractivity contribution in [2.45, 2.75) is 32.1 Å². The highest BCUT2D eigenvalue weighted by Gasteiger charge is 2.30. The normalized spacial score (nSPS) is 13.4. The van der Waals surface area contributed by atoms with Gasteiger partial charge < -0.3 is 5.73 Å². The summed E-state index contributed by atoms with van der Waals surface area (Å²) in [5.74, 6) is 0. The van der Waals surface area contributed by atoms with Crippen molar-refractivity contribution in [2.75, 3.05) is 0 Å². The van der Waals surface area contributed by atoms with Crippen LogP contribution < -0.4 is 5.73 Å². The molecule has 0 aliphatic heterocycles. The molecule has 1 aromatic carbocycles. The minimum Gasteiger partial charge on any atom is -0.328 e. The van der Waals surface area contributed by atoms with Crippen molar-refractivity contribution in [2.24, 2.45) is 5.73 Å².